The number of nitrogens with zero attached hydrogens (tertiary/aromatic N) is 2. The summed E-state index contributed by atoms with van der Waals surface area (Å²) in [5.41, 5.74) is 2.65. The molecule has 0 aromatic carbocycles. The molecule has 1 N–H and O–H groups in total. The van der Waals surface area contributed by atoms with Crippen LogP contribution in [-0.2, 0) is 0 Å². The minimum absolute atomic E-state index is 0.00569. The van der Waals surface area contributed by atoms with Crippen molar-refractivity contribution in [2.75, 3.05) is 13.1 Å². The number of carbonyl (C=O) groups excluding carboxylic acids is 2. The molecule has 5 nitrogen and oxygen atoms in total. The Labute approximate surface area is 149 Å². The maximum atomic E-state index is 12.8. The second-order valence-electron chi connectivity index (χ2n) is 6.51. The van der Waals surface area contributed by atoms with Crippen LogP contribution in [0.1, 0.15) is 51.4 Å². The SMILES string of the molecule is CC(=O)c1cc(C(=O)N2CCCC(c3cc4cccnc4[nH]3)C2)cs1. The largest absolute Gasteiger partial charge is 0.343 e. The van der Waals surface area contributed by atoms with Crippen molar-refractivity contribution >= 4 is 34.1 Å². The minimum atomic E-state index is 0.00569. The Morgan fingerprint density at radius 3 is 3.00 bits per heavy atom. The van der Waals surface area contributed by atoms with Gasteiger partial charge in [-0.2, -0.15) is 0 Å². The number of H-pyrrole nitrogens is 1. The summed E-state index contributed by atoms with van der Waals surface area (Å²) in [6, 6.07) is 7.83. The van der Waals surface area contributed by atoms with Gasteiger partial charge in [0, 0.05) is 41.7 Å². The van der Waals surface area contributed by atoms with Gasteiger partial charge in [0.25, 0.3) is 5.91 Å². The molecule has 1 unspecified atom stereocenters. The van der Waals surface area contributed by atoms with E-state index in [0.717, 1.165) is 36.1 Å². The number of carbonyl (C=O) groups is 2. The maximum absolute atomic E-state index is 12.8. The van der Waals surface area contributed by atoms with E-state index in [0.29, 0.717) is 17.0 Å². The molecule has 0 radical (unpaired) electrons. The molecule has 0 aliphatic carbocycles. The van der Waals surface area contributed by atoms with Gasteiger partial charge < -0.3 is 9.88 Å². The van der Waals surface area contributed by atoms with Crippen molar-refractivity contribution in [1.29, 1.82) is 0 Å². The fourth-order valence-corrected chi connectivity index (χ4v) is 4.21. The van der Waals surface area contributed by atoms with Gasteiger partial charge in [-0.05, 0) is 44.0 Å². The molecule has 0 bridgehead atoms. The van der Waals surface area contributed by atoms with Crippen molar-refractivity contribution in [2.45, 2.75) is 25.7 Å². The first-order valence-electron chi connectivity index (χ1n) is 8.44. The molecule has 1 atom stereocenters. The van der Waals surface area contributed by atoms with Gasteiger partial charge in [0.2, 0.25) is 0 Å². The van der Waals surface area contributed by atoms with Crippen LogP contribution < -0.4 is 0 Å². The third kappa shape index (κ3) is 3.09. The number of nitrogens with one attached hydrogen (secondary N) is 1. The standard InChI is InChI=1S/C19H19N3O2S/c1-12(23)17-9-15(11-25-17)19(24)22-7-3-5-14(10-22)16-8-13-4-2-6-20-18(13)21-16/h2,4,6,8-9,11,14H,3,5,7,10H2,1H3,(H,20,21). The molecular weight excluding hydrogens is 334 g/mol. The number of hydrogen-bond acceptors (Lipinski definition) is 4. The molecule has 3 aromatic rings. The number of piperidine rings is 1. The van der Waals surface area contributed by atoms with Gasteiger partial charge in [0.05, 0.1) is 10.4 Å². The molecule has 1 aliphatic rings. The van der Waals surface area contributed by atoms with Gasteiger partial charge in [-0.1, -0.05) is 0 Å². The highest BCUT2D eigenvalue weighted by molar-refractivity contribution is 7.12. The Hall–Kier alpha value is -2.47. The highest BCUT2D eigenvalue weighted by atomic mass is 32.1. The van der Waals surface area contributed by atoms with Crippen molar-refractivity contribution in [3.63, 3.8) is 0 Å². The van der Waals surface area contributed by atoms with E-state index in [1.807, 2.05) is 17.0 Å². The monoisotopic (exact) mass is 353 g/mol. The molecule has 4 rings (SSSR count). The Bertz CT molecular complexity index is 910. The van der Waals surface area contributed by atoms with Crippen LogP contribution in [0.25, 0.3) is 11.0 Å². The summed E-state index contributed by atoms with van der Waals surface area (Å²) in [4.78, 5) is 34.5. The lowest BCUT2D eigenvalue weighted by Crippen LogP contribution is -2.39. The van der Waals surface area contributed by atoms with E-state index in [9.17, 15) is 9.59 Å². The summed E-state index contributed by atoms with van der Waals surface area (Å²) in [7, 11) is 0. The number of ketones is 1. The van der Waals surface area contributed by atoms with Crippen molar-refractivity contribution in [1.82, 2.24) is 14.9 Å². The average molecular weight is 353 g/mol. The van der Waals surface area contributed by atoms with Crippen LogP contribution in [0.5, 0.6) is 0 Å². The van der Waals surface area contributed by atoms with Crippen LogP contribution >= 0.6 is 11.3 Å². The predicted molar refractivity (Wildman–Crippen MR) is 98.3 cm³/mol. The maximum Gasteiger partial charge on any atom is 0.254 e. The minimum Gasteiger partial charge on any atom is -0.343 e. The van der Waals surface area contributed by atoms with Gasteiger partial charge >= 0.3 is 0 Å². The molecule has 0 saturated carbocycles. The average Bonchev–Trinajstić information content (AvgIpc) is 3.28. The molecular formula is C19H19N3O2S. The van der Waals surface area contributed by atoms with E-state index >= 15 is 0 Å². The smallest absolute Gasteiger partial charge is 0.254 e. The van der Waals surface area contributed by atoms with Gasteiger partial charge in [-0.25, -0.2) is 4.98 Å². The van der Waals surface area contributed by atoms with E-state index in [4.69, 9.17) is 0 Å². The van der Waals surface area contributed by atoms with Crippen molar-refractivity contribution in [3.8, 4) is 0 Å². The quantitative estimate of drug-likeness (QED) is 0.728. The molecule has 25 heavy (non-hydrogen) atoms. The molecule has 1 aliphatic heterocycles. The lowest BCUT2D eigenvalue weighted by atomic mass is 9.94. The second-order valence-corrected chi connectivity index (χ2v) is 7.42. The van der Waals surface area contributed by atoms with Gasteiger partial charge in [0.15, 0.2) is 5.78 Å². The first-order chi connectivity index (χ1) is 12.1. The zero-order valence-electron chi connectivity index (χ0n) is 14.0. The first kappa shape index (κ1) is 16.0. The number of aromatic nitrogens is 2. The van der Waals surface area contributed by atoms with Crippen LogP contribution in [0.15, 0.2) is 35.8 Å². The third-order valence-electron chi connectivity index (χ3n) is 4.75. The molecule has 6 heteroatoms. The topological polar surface area (TPSA) is 66.1 Å². The Morgan fingerprint density at radius 1 is 1.36 bits per heavy atom. The summed E-state index contributed by atoms with van der Waals surface area (Å²) >= 11 is 1.34. The van der Waals surface area contributed by atoms with Gasteiger partial charge in [0.1, 0.15) is 5.65 Å². The molecule has 1 fully saturated rings. The summed E-state index contributed by atoms with van der Waals surface area (Å²) in [5.74, 6) is 0.312. The number of pyridine rings is 1. The Morgan fingerprint density at radius 2 is 2.24 bits per heavy atom. The number of amides is 1. The molecule has 1 saturated heterocycles. The summed E-state index contributed by atoms with van der Waals surface area (Å²) in [5, 5.41) is 2.89. The highest BCUT2D eigenvalue weighted by Gasteiger charge is 2.27. The van der Waals surface area contributed by atoms with E-state index in [1.165, 1.54) is 18.3 Å². The predicted octanol–water partition coefficient (Wildman–Crippen LogP) is 3.85. The van der Waals surface area contributed by atoms with Crippen molar-refractivity contribution in [3.05, 3.63) is 52.0 Å². The number of Topliss-reactive ketones (excluding diaryl/α,β-unsaturated/α-hetero) is 1. The zero-order valence-corrected chi connectivity index (χ0v) is 14.8. The summed E-state index contributed by atoms with van der Waals surface area (Å²) in [6.45, 7) is 2.98. The van der Waals surface area contributed by atoms with Crippen LogP contribution in [0.2, 0.25) is 0 Å². The lowest BCUT2D eigenvalue weighted by molar-refractivity contribution is 0.0706. The number of hydrogen-bond donors (Lipinski definition) is 1. The van der Waals surface area contributed by atoms with E-state index in [1.54, 1.807) is 17.6 Å². The molecule has 3 aromatic heterocycles. The zero-order chi connectivity index (χ0) is 17.4. The molecule has 128 valence electrons. The van der Waals surface area contributed by atoms with E-state index < -0.39 is 0 Å². The third-order valence-corrected chi connectivity index (χ3v) is 5.79. The fourth-order valence-electron chi connectivity index (χ4n) is 3.43. The molecule has 0 spiro atoms. The van der Waals surface area contributed by atoms with E-state index in [-0.39, 0.29) is 17.6 Å². The number of aromatic amines is 1. The van der Waals surface area contributed by atoms with Crippen molar-refractivity contribution in [2.24, 2.45) is 0 Å². The highest BCUT2D eigenvalue weighted by Crippen LogP contribution is 2.29. The normalized spacial score (nSPS) is 17.8. The van der Waals surface area contributed by atoms with Crippen LogP contribution in [-0.4, -0.2) is 39.6 Å². The van der Waals surface area contributed by atoms with Crippen molar-refractivity contribution < 1.29 is 9.59 Å². The fraction of sp³-hybridized carbons (Fsp3) is 0.316. The number of likely N-dealkylation sites (tertiary alicyclic amines) is 1. The number of thiophene rings is 1. The summed E-state index contributed by atoms with van der Waals surface area (Å²) < 4.78 is 0. The molecule has 4 heterocycles. The first-order valence-corrected chi connectivity index (χ1v) is 9.32. The molecule has 1 amide bonds. The van der Waals surface area contributed by atoms with Crippen LogP contribution in [0.3, 0.4) is 0 Å². The Balaban J connectivity index is 1.53. The lowest BCUT2D eigenvalue weighted by Gasteiger charge is -2.32. The van der Waals surface area contributed by atoms with E-state index in [2.05, 4.69) is 16.0 Å². The Kier molecular flexibility index (Phi) is 4.13. The number of fused-ring (bicyclic) bond motifs is 1. The second kappa shape index (κ2) is 6.44. The summed E-state index contributed by atoms with van der Waals surface area (Å²) in [6.07, 6.45) is 3.81. The van der Waals surface area contributed by atoms with Gasteiger partial charge in [-0.15, -0.1) is 11.3 Å². The number of rotatable bonds is 3. The van der Waals surface area contributed by atoms with Crippen LogP contribution in [0, 0.1) is 0 Å². The van der Waals surface area contributed by atoms with Gasteiger partial charge in [-0.3, -0.25) is 9.59 Å². The van der Waals surface area contributed by atoms with Crippen LogP contribution in [0.4, 0.5) is 0 Å².